The molecule has 0 fully saturated rings. The zero-order valence-corrected chi connectivity index (χ0v) is 14.4. The number of rotatable bonds is 4. The third kappa shape index (κ3) is 3.35. The van der Waals surface area contributed by atoms with E-state index in [-0.39, 0.29) is 6.04 Å². The van der Waals surface area contributed by atoms with E-state index < -0.39 is 0 Å². The summed E-state index contributed by atoms with van der Waals surface area (Å²) >= 11 is 0. The lowest BCUT2D eigenvalue weighted by atomic mass is 9.68. The number of nitrogens with zero attached hydrogens (tertiary/aromatic N) is 1. The molecule has 3 aromatic rings. The van der Waals surface area contributed by atoms with Crippen molar-refractivity contribution in [1.29, 1.82) is 0 Å². The Bertz CT molecular complexity index is 814. The summed E-state index contributed by atoms with van der Waals surface area (Å²) in [6.07, 6.45) is 7.10. The molecule has 1 aliphatic carbocycles. The van der Waals surface area contributed by atoms with Gasteiger partial charge in [-0.05, 0) is 59.6 Å². The summed E-state index contributed by atoms with van der Waals surface area (Å²) < 4.78 is 0. The molecule has 0 radical (unpaired) electrons. The van der Waals surface area contributed by atoms with Gasteiger partial charge in [0.25, 0.3) is 0 Å². The maximum atomic E-state index is 6.80. The fraction of sp³-hybridized carbons (Fsp3) is 0.261. The molecule has 25 heavy (non-hydrogen) atoms. The van der Waals surface area contributed by atoms with Crippen LogP contribution < -0.4 is 5.73 Å². The fourth-order valence-corrected chi connectivity index (χ4v) is 4.29. The van der Waals surface area contributed by atoms with Gasteiger partial charge in [0, 0.05) is 24.4 Å². The molecule has 1 aromatic heterocycles. The Hall–Kier alpha value is -2.45. The Kier molecular flexibility index (Phi) is 4.62. The molecule has 3 unspecified atom stereocenters. The van der Waals surface area contributed by atoms with Gasteiger partial charge in [-0.15, -0.1) is 0 Å². The second kappa shape index (κ2) is 7.20. The molecule has 126 valence electrons. The van der Waals surface area contributed by atoms with Crippen LogP contribution in [-0.2, 0) is 12.8 Å². The maximum absolute atomic E-state index is 6.80. The molecule has 0 saturated heterocycles. The number of fused-ring (bicyclic) bond motifs is 1. The van der Waals surface area contributed by atoms with Crippen molar-refractivity contribution in [3.05, 3.63) is 101 Å². The summed E-state index contributed by atoms with van der Waals surface area (Å²) in [7, 11) is 0. The van der Waals surface area contributed by atoms with Gasteiger partial charge in [-0.1, -0.05) is 54.6 Å². The predicted molar refractivity (Wildman–Crippen MR) is 102 cm³/mol. The summed E-state index contributed by atoms with van der Waals surface area (Å²) in [6.45, 7) is 0. The second-order valence-electron chi connectivity index (χ2n) is 7.02. The average Bonchev–Trinajstić information content (AvgIpc) is 2.69. The number of nitrogens with two attached hydrogens (primary N) is 1. The lowest BCUT2D eigenvalue weighted by molar-refractivity contribution is 0.327. The Morgan fingerprint density at radius 3 is 2.44 bits per heavy atom. The van der Waals surface area contributed by atoms with Crippen LogP contribution in [0.5, 0.6) is 0 Å². The Morgan fingerprint density at radius 2 is 1.64 bits per heavy atom. The van der Waals surface area contributed by atoms with Crippen LogP contribution in [0.1, 0.15) is 40.6 Å². The Labute approximate surface area is 149 Å². The van der Waals surface area contributed by atoms with Crippen LogP contribution in [0.15, 0.2) is 79.1 Å². The lowest BCUT2D eigenvalue weighted by Crippen LogP contribution is -2.31. The molecule has 2 heteroatoms. The van der Waals surface area contributed by atoms with Crippen LogP contribution in [0.3, 0.4) is 0 Å². The average molecular weight is 328 g/mol. The standard InChI is InChI=1S/C23H24N2/c24-23(19-12-14-25-15-13-19)22-20(16-17-6-2-1-3-7-17)11-10-18-8-4-5-9-21(18)22/h1-9,12-15,20,22-23H,10-11,16,24H2. The van der Waals surface area contributed by atoms with Crippen molar-refractivity contribution >= 4 is 0 Å². The molecule has 0 bridgehead atoms. The van der Waals surface area contributed by atoms with Crippen LogP contribution in [0.25, 0.3) is 0 Å². The summed E-state index contributed by atoms with van der Waals surface area (Å²) in [5.74, 6) is 0.896. The van der Waals surface area contributed by atoms with E-state index >= 15 is 0 Å². The summed E-state index contributed by atoms with van der Waals surface area (Å²) in [4.78, 5) is 4.15. The first-order valence-electron chi connectivity index (χ1n) is 9.10. The van der Waals surface area contributed by atoms with Gasteiger partial charge in [0.1, 0.15) is 0 Å². The highest BCUT2D eigenvalue weighted by atomic mass is 14.7. The van der Waals surface area contributed by atoms with Gasteiger partial charge >= 0.3 is 0 Å². The molecule has 2 aromatic carbocycles. The predicted octanol–water partition coefficient (Wildman–Crippen LogP) is 4.67. The van der Waals surface area contributed by atoms with E-state index in [0.29, 0.717) is 11.8 Å². The number of hydrogen-bond donors (Lipinski definition) is 1. The van der Waals surface area contributed by atoms with E-state index in [9.17, 15) is 0 Å². The number of pyridine rings is 1. The zero-order valence-electron chi connectivity index (χ0n) is 14.4. The first kappa shape index (κ1) is 16.0. The molecule has 1 aliphatic rings. The van der Waals surface area contributed by atoms with Crippen molar-refractivity contribution in [3.8, 4) is 0 Å². The maximum Gasteiger partial charge on any atom is 0.0368 e. The first-order chi connectivity index (χ1) is 12.3. The molecular weight excluding hydrogens is 304 g/mol. The van der Waals surface area contributed by atoms with E-state index in [2.05, 4.69) is 71.7 Å². The largest absolute Gasteiger partial charge is 0.323 e. The molecular formula is C23H24N2. The van der Waals surface area contributed by atoms with Crippen molar-refractivity contribution in [2.24, 2.45) is 11.7 Å². The normalized spacial score (nSPS) is 20.7. The van der Waals surface area contributed by atoms with E-state index in [4.69, 9.17) is 5.73 Å². The van der Waals surface area contributed by atoms with Gasteiger partial charge < -0.3 is 5.73 Å². The number of aryl methyl sites for hydroxylation is 1. The van der Waals surface area contributed by atoms with Crippen LogP contribution in [-0.4, -0.2) is 4.98 Å². The summed E-state index contributed by atoms with van der Waals surface area (Å²) in [5.41, 5.74) is 12.3. The number of benzene rings is 2. The zero-order chi connectivity index (χ0) is 17.1. The van der Waals surface area contributed by atoms with Gasteiger partial charge in [-0.25, -0.2) is 0 Å². The molecule has 0 aliphatic heterocycles. The van der Waals surface area contributed by atoms with Crippen LogP contribution in [0.4, 0.5) is 0 Å². The smallest absolute Gasteiger partial charge is 0.0368 e. The highest BCUT2D eigenvalue weighted by molar-refractivity contribution is 5.37. The lowest BCUT2D eigenvalue weighted by Gasteiger charge is -2.37. The van der Waals surface area contributed by atoms with E-state index in [0.717, 1.165) is 12.8 Å². The minimum Gasteiger partial charge on any atom is -0.323 e. The van der Waals surface area contributed by atoms with Gasteiger partial charge in [0.05, 0.1) is 0 Å². The molecule has 2 nitrogen and oxygen atoms in total. The van der Waals surface area contributed by atoms with Crippen molar-refractivity contribution in [1.82, 2.24) is 4.98 Å². The number of hydrogen-bond acceptors (Lipinski definition) is 2. The Balaban J connectivity index is 1.71. The minimum absolute atomic E-state index is 0.00170. The Morgan fingerprint density at radius 1 is 0.920 bits per heavy atom. The molecule has 0 amide bonds. The topological polar surface area (TPSA) is 38.9 Å². The highest BCUT2D eigenvalue weighted by Gasteiger charge is 2.34. The van der Waals surface area contributed by atoms with E-state index in [1.807, 2.05) is 12.4 Å². The first-order valence-corrected chi connectivity index (χ1v) is 9.10. The number of aromatic nitrogens is 1. The van der Waals surface area contributed by atoms with Gasteiger partial charge in [0.15, 0.2) is 0 Å². The summed E-state index contributed by atoms with van der Waals surface area (Å²) in [6, 6.07) is 23.7. The molecule has 4 rings (SSSR count). The van der Waals surface area contributed by atoms with Crippen molar-refractivity contribution < 1.29 is 0 Å². The molecule has 0 spiro atoms. The van der Waals surface area contributed by atoms with E-state index in [1.165, 1.54) is 28.7 Å². The van der Waals surface area contributed by atoms with Crippen molar-refractivity contribution in [2.45, 2.75) is 31.2 Å². The monoisotopic (exact) mass is 328 g/mol. The molecule has 2 N–H and O–H groups in total. The second-order valence-corrected chi connectivity index (χ2v) is 7.02. The molecule has 0 saturated carbocycles. The van der Waals surface area contributed by atoms with Gasteiger partial charge in [-0.2, -0.15) is 0 Å². The van der Waals surface area contributed by atoms with Gasteiger partial charge in [0.2, 0.25) is 0 Å². The SMILES string of the molecule is NC(c1ccncc1)C1c2ccccc2CCC1Cc1ccccc1. The van der Waals surface area contributed by atoms with Crippen molar-refractivity contribution in [3.63, 3.8) is 0 Å². The van der Waals surface area contributed by atoms with Gasteiger partial charge in [-0.3, -0.25) is 4.98 Å². The molecule has 3 atom stereocenters. The molecule has 1 heterocycles. The van der Waals surface area contributed by atoms with E-state index in [1.54, 1.807) is 0 Å². The highest BCUT2D eigenvalue weighted by Crippen LogP contribution is 2.44. The van der Waals surface area contributed by atoms with Crippen molar-refractivity contribution in [2.75, 3.05) is 0 Å². The quantitative estimate of drug-likeness (QED) is 0.756. The van der Waals surface area contributed by atoms with Crippen LogP contribution >= 0.6 is 0 Å². The third-order valence-electron chi connectivity index (χ3n) is 5.53. The van der Waals surface area contributed by atoms with Crippen LogP contribution in [0, 0.1) is 5.92 Å². The summed E-state index contributed by atoms with van der Waals surface area (Å²) in [5, 5.41) is 0. The van der Waals surface area contributed by atoms with Crippen LogP contribution in [0.2, 0.25) is 0 Å². The fourth-order valence-electron chi connectivity index (χ4n) is 4.29. The third-order valence-corrected chi connectivity index (χ3v) is 5.53. The minimum atomic E-state index is -0.00170.